The van der Waals surface area contributed by atoms with E-state index in [2.05, 4.69) is 22.5 Å². The standard InChI is InChI=1S/C20H22BrFN2O3S/c1-4-11-23(13-16-12-17(21)9-10-18(16)22)20(25)14-24(28(3,26)27)19-8-6-5-7-15(19)2/h4-10,12H,1,11,13-14H2,2-3H3. The van der Waals surface area contributed by atoms with Crippen molar-refractivity contribution in [2.24, 2.45) is 0 Å². The van der Waals surface area contributed by atoms with Gasteiger partial charge in [0.1, 0.15) is 12.4 Å². The van der Waals surface area contributed by atoms with Gasteiger partial charge in [-0.1, -0.05) is 40.2 Å². The van der Waals surface area contributed by atoms with Crippen LogP contribution >= 0.6 is 15.9 Å². The number of carbonyl (C=O) groups is 1. The molecule has 0 saturated heterocycles. The number of halogens is 2. The highest BCUT2D eigenvalue weighted by Gasteiger charge is 2.25. The molecule has 8 heteroatoms. The van der Waals surface area contributed by atoms with Crippen LogP contribution in [-0.2, 0) is 21.4 Å². The number of amides is 1. The van der Waals surface area contributed by atoms with Crippen LogP contribution in [0.1, 0.15) is 11.1 Å². The van der Waals surface area contributed by atoms with Gasteiger partial charge in [-0.2, -0.15) is 0 Å². The highest BCUT2D eigenvalue weighted by molar-refractivity contribution is 9.10. The first-order chi connectivity index (χ1) is 13.1. The summed E-state index contributed by atoms with van der Waals surface area (Å²) < 4.78 is 40.5. The maximum Gasteiger partial charge on any atom is 0.243 e. The molecule has 1 amide bonds. The van der Waals surface area contributed by atoms with Crippen LogP contribution < -0.4 is 4.31 Å². The molecule has 150 valence electrons. The van der Waals surface area contributed by atoms with E-state index in [1.807, 2.05) is 0 Å². The maximum absolute atomic E-state index is 14.1. The van der Waals surface area contributed by atoms with Crippen LogP contribution in [0.25, 0.3) is 0 Å². The summed E-state index contributed by atoms with van der Waals surface area (Å²) in [4.78, 5) is 14.3. The fraction of sp³-hybridized carbons (Fsp3) is 0.250. The highest BCUT2D eigenvalue weighted by Crippen LogP contribution is 2.23. The molecule has 2 aromatic rings. The molecule has 0 aliphatic heterocycles. The Labute approximate surface area is 173 Å². The number of hydrogen-bond donors (Lipinski definition) is 0. The number of benzene rings is 2. The SMILES string of the molecule is C=CCN(Cc1cc(Br)ccc1F)C(=O)CN(c1ccccc1C)S(C)(=O)=O. The van der Waals surface area contributed by atoms with Gasteiger partial charge in [-0.15, -0.1) is 6.58 Å². The van der Waals surface area contributed by atoms with Crippen molar-refractivity contribution in [3.05, 3.63) is 76.5 Å². The second kappa shape index (κ2) is 9.34. The van der Waals surface area contributed by atoms with Crippen molar-refractivity contribution in [3.8, 4) is 0 Å². The smallest absolute Gasteiger partial charge is 0.243 e. The molecule has 0 saturated carbocycles. The van der Waals surface area contributed by atoms with Crippen LogP contribution in [0.15, 0.2) is 59.6 Å². The topological polar surface area (TPSA) is 57.7 Å². The Hall–Kier alpha value is -2.19. The summed E-state index contributed by atoms with van der Waals surface area (Å²) >= 11 is 3.29. The normalized spacial score (nSPS) is 11.1. The van der Waals surface area contributed by atoms with Gasteiger partial charge in [-0.25, -0.2) is 12.8 Å². The predicted molar refractivity (Wildman–Crippen MR) is 113 cm³/mol. The van der Waals surface area contributed by atoms with Crippen molar-refractivity contribution >= 4 is 37.5 Å². The van der Waals surface area contributed by atoms with Crippen molar-refractivity contribution in [2.75, 3.05) is 23.7 Å². The summed E-state index contributed by atoms with van der Waals surface area (Å²) in [6.07, 6.45) is 2.57. The second-order valence-electron chi connectivity index (χ2n) is 6.35. The minimum absolute atomic E-state index is 0.00149. The average molecular weight is 469 g/mol. The maximum atomic E-state index is 14.1. The quantitative estimate of drug-likeness (QED) is 0.552. The Morgan fingerprint density at radius 1 is 1.25 bits per heavy atom. The lowest BCUT2D eigenvalue weighted by Gasteiger charge is -2.28. The molecule has 0 fully saturated rings. The summed E-state index contributed by atoms with van der Waals surface area (Å²) in [7, 11) is -3.69. The monoisotopic (exact) mass is 468 g/mol. The first-order valence-corrected chi connectivity index (χ1v) is 11.1. The van der Waals surface area contributed by atoms with Crippen LogP contribution in [0.5, 0.6) is 0 Å². The van der Waals surface area contributed by atoms with Crippen molar-refractivity contribution < 1.29 is 17.6 Å². The largest absolute Gasteiger partial charge is 0.333 e. The van der Waals surface area contributed by atoms with Crippen molar-refractivity contribution in [1.29, 1.82) is 0 Å². The molecule has 0 heterocycles. The number of aryl methyl sites for hydroxylation is 1. The van der Waals surface area contributed by atoms with E-state index in [9.17, 15) is 17.6 Å². The molecule has 0 aromatic heterocycles. The van der Waals surface area contributed by atoms with Crippen molar-refractivity contribution in [3.63, 3.8) is 0 Å². The van der Waals surface area contributed by atoms with Gasteiger partial charge in [0.25, 0.3) is 0 Å². The molecule has 0 aliphatic carbocycles. The molecule has 28 heavy (non-hydrogen) atoms. The van der Waals surface area contributed by atoms with Gasteiger partial charge in [-0.3, -0.25) is 9.10 Å². The minimum atomic E-state index is -3.69. The second-order valence-corrected chi connectivity index (χ2v) is 9.18. The number of para-hydroxylation sites is 1. The fourth-order valence-corrected chi connectivity index (χ4v) is 4.04. The Morgan fingerprint density at radius 3 is 2.54 bits per heavy atom. The lowest BCUT2D eigenvalue weighted by atomic mass is 10.2. The molecule has 2 aromatic carbocycles. The van der Waals surface area contributed by atoms with Gasteiger partial charge in [0, 0.05) is 23.1 Å². The third-order valence-corrected chi connectivity index (χ3v) is 5.75. The first-order valence-electron chi connectivity index (χ1n) is 8.49. The zero-order valence-corrected chi connectivity index (χ0v) is 18.1. The first kappa shape index (κ1) is 22.1. The molecule has 0 aliphatic rings. The fourth-order valence-electron chi connectivity index (χ4n) is 2.73. The van der Waals surface area contributed by atoms with E-state index in [0.717, 1.165) is 16.1 Å². The minimum Gasteiger partial charge on any atom is -0.333 e. The number of carbonyl (C=O) groups excluding carboxylic acids is 1. The molecule has 0 bridgehead atoms. The third-order valence-electron chi connectivity index (χ3n) is 4.13. The van der Waals surface area contributed by atoms with E-state index in [1.165, 1.54) is 17.0 Å². The summed E-state index contributed by atoms with van der Waals surface area (Å²) in [5.74, 6) is -0.892. The van der Waals surface area contributed by atoms with Crippen LogP contribution in [0.3, 0.4) is 0 Å². The van der Waals surface area contributed by atoms with Gasteiger partial charge in [0.05, 0.1) is 11.9 Å². The Morgan fingerprint density at radius 2 is 1.93 bits per heavy atom. The van der Waals surface area contributed by atoms with E-state index in [4.69, 9.17) is 0 Å². The summed E-state index contributed by atoms with van der Waals surface area (Å²) in [6, 6.07) is 11.4. The lowest BCUT2D eigenvalue weighted by molar-refractivity contribution is -0.129. The molecule has 5 nitrogen and oxygen atoms in total. The summed E-state index contributed by atoms with van der Waals surface area (Å²) in [5.41, 5.74) is 1.49. The molecule has 0 atom stereocenters. The molecule has 0 N–H and O–H groups in total. The van der Waals surface area contributed by atoms with Crippen LogP contribution in [0.4, 0.5) is 10.1 Å². The molecule has 2 rings (SSSR count). The van der Waals surface area contributed by atoms with E-state index in [1.54, 1.807) is 43.3 Å². The van der Waals surface area contributed by atoms with E-state index in [-0.39, 0.29) is 19.6 Å². The van der Waals surface area contributed by atoms with Gasteiger partial charge in [0.15, 0.2) is 0 Å². The Balaban J connectivity index is 2.32. The Kier molecular flexibility index (Phi) is 7.37. The zero-order valence-electron chi connectivity index (χ0n) is 15.7. The summed E-state index contributed by atoms with van der Waals surface area (Å²) in [6.45, 7) is 5.19. The molecule has 0 spiro atoms. The number of sulfonamides is 1. The van der Waals surface area contributed by atoms with Gasteiger partial charge < -0.3 is 4.90 Å². The molecular weight excluding hydrogens is 447 g/mol. The van der Waals surface area contributed by atoms with Gasteiger partial charge in [-0.05, 0) is 36.8 Å². The van der Waals surface area contributed by atoms with Crippen molar-refractivity contribution in [2.45, 2.75) is 13.5 Å². The van der Waals surface area contributed by atoms with Crippen LogP contribution in [0.2, 0.25) is 0 Å². The molecule has 0 unspecified atom stereocenters. The van der Waals surface area contributed by atoms with Crippen molar-refractivity contribution in [1.82, 2.24) is 4.90 Å². The zero-order chi connectivity index (χ0) is 20.9. The lowest BCUT2D eigenvalue weighted by Crippen LogP contribution is -2.42. The average Bonchev–Trinajstić information content (AvgIpc) is 2.62. The van der Waals surface area contributed by atoms with E-state index >= 15 is 0 Å². The predicted octanol–water partition coefficient (Wildman–Crippen LogP) is 3.88. The van der Waals surface area contributed by atoms with Crippen LogP contribution in [-0.4, -0.2) is 38.6 Å². The Bertz CT molecular complexity index is 979. The van der Waals surface area contributed by atoms with Gasteiger partial charge >= 0.3 is 0 Å². The van der Waals surface area contributed by atoms with Gasteiger partial charge in [0.2, 0.25) is 15.9 Å². The third kappa shape index (κ3) is 5.65. The summed E-state index contributed by atoms with van der Waals surface area (Å²) in [5, 5.41) is 0. The molecular formula is C20H22BrFN2O3S. The highest BCUT2D eigenvalue weighted by atomic mass is 79.9. The molecule has 0 radical (unpaired) electrons. The number of anilines is 1. The number of rotatable bonds is 8. The van der Waals surface area contributed by atoms with Crippen LogP contribution in [0, 0.1) is 12.7 Å². The number of hydrogen-bond acceptors (Lipinski definition) is 3. The number of nitrogens with zero attached hydrogens (tertiary/aromatic N) is 2. The van der Waals surface area contributed by atoms with E-state index < -0.39 is 21.7 Å². The van der Waals surface area contributed by atoms with E-state index in [0.29, 0.717) is 15.7 Å².